The lowest BCUT2D eigenvalue weighted by Crippen LogP contribution is -2.43. The largest absolute Gasteiger partial charge is 0.0530 e. The number of rotatable bonds is 0. The second-order valence-electron chi connectivity index (χ2n) is 9.48. The third-order valence-corrected chi connectivity index (χ3v) is 8.88. The van der Waals surface area contributed by atoms with E-state index in [0.717, 1.165) is 11.8 Å². The molecule has 5 aliphatic carbocycles. The standard InChI is InChI=1S/C21H34/c1-3-7-18-14(5-1)9-11-16-13-17-12-10-15-6-2-4-8-19(15)21(17)20(16)18/h14-21H,1-13H2. The van der Waals surface area contributed by atoms with E-state index < -0.39 is 0 Å². The smallest absolute Gasteiger partial charge is 0.0321 e. The van der Waals surface area contributed by atoms with Crippen LogP contribution in [0.25, 0.3) is 0 Å². The molecule has 0 bridgehead atoms. The molecule has 8 atom stereocenters. The molecule has 5 fully saturated rings. The Balaban J connectivity index is 1.45. The minimum absolute atomic E-state index is 1.16. The zero-order valence-corrected chi connectivity index (χ0v) is 13.8. The average Bonchev–Trinajstić information content (AvgIpc) is 2.94. The second-order valence-corrected chi connectivity index (χ2v) is 9.48. The zero-order chi connectivity index (χ0) is 13.8. The maximum absolute atomic E-state index is 1.65. The van der Waals surface area contributed by atoms with Gasteiger partial charge >= 0.3 is 0 Å². The fourth-order valence-corrected chi connectivity index (χ4v) is 8.28. The monoisotopic (exact) mass is 286 g/mol. The van der Waals surface area contributed by atoms with E-state index in [9.17, 15) is 0 Å². The van der Waals surface area contributed by atoms with Gasteiger partial charge < -0.3 is 0 Å². The molecule has 0 aromatic carbocycles. The Morgan fingerprint density at radius 2 is 0.810 bits per heavy atom. The van der Waals surface area contributed by atoms with Crippen molar-refractivity contribution >= 4 is 0 Å². The summed E-state index contributed by atoms with van der Waals surface area (Å²) in [7, 11) is 0. The molecule has 0 nitrogen and oxygen atoms in total. The molecular weight excluding hydrogens is 252 g/mol. The van der Waals surface area contributed by atoms with Crippen molar-refractivity contribution in [2.75, 3.05) is 0 Å². The highest BCUT2D eigenvalue weighted by Crippen LogP contribution is 2.63. The van der Waals surface area contributed by atoms with Crippen LogP contribution in [0.3, 0.4) is 0 Å². The van der Waals surface area contributed by atoms with E-state index in [1.807, 2.05) is 0 Å². The van der Waals surface area contributed by atoms with Crippen LogP contribution in [0.15, 0.2) is 0 Å². The van der Waals surface area contributed by atoms with Crippen LogP contribution in [0.5, 0.6) is 0 Å². The molecule has 0 amide bonds. The molecule has 5 rings (SSSR count). The van der Waals surface area contributed by atoms with E-state index in [-0.39, 0.29) is 0 Å². The highest BCUT2D eigenvalue weighted by molar-refractivity contribution is 5.04. The summed E-state index contributed by atoms with van der Waals surface area (Å²) < 4.78 is 0. The van der Waals surface area contributed by atoms with Gasteiger partial charge in [0.2, 0.25) is 0 Å². The normalized spacial score (nSPS) is 56.0. The van der Waals surface area contributed by atoms with E-state index in [4.69, 9.17) is 0 Å². The second kappa shape index (κ2) is 5.27. The molecule has 0 radical (unpaired) electrons. The van der Waals surface area contributed by atoms with E-state index >= 15 is 0 Å². The van der Waals surface area contributed by atoms with Crippen LogP contribution in [-0.2, 0) is 0 Å². The Labute approximate surface area is 131 Å². The minimum Gasteiger partial charge on any atom is -0.0530 e. The van der Waals surface area contributed by atoms with Crippen molar-refractivity contribution in [3.8, 4) is 0 Å². The molecule has 0 aromatic heterocycles. The molecule has 0 aromatic rings. The summed E-state index contributed by atoms with van der Waals surface area (Å²) in [6.07, 6.45) is 20.8. The molecular formula is C21H34. The van der Waals surface area contributed by atoms with Gasteiger partial charge in [-0.05, 0) is 92.3 Å². The first kappa shape index (κ1) is 13.4. The van der Waals surface area contributed by atoms with Crippen molar-refractivity contribution in [1.29, 1.82) is 0 Å². The van der Waals surface area contributed by atoms with Crippen LogP contribution >= 0.6 is 0 Å². The van der Waals surface area contributed by atoms with Crippen molar-refractivity contribution in [3.63, 3.8) is 0 Å². The Kier molecular flexibility index (Phi) is 3.38. The van der Waals surface area contributed by atoms with Gasteiger partial charge in [0.15, 0.2) is 0 Å². The van der Waals surface area contributed by atoms with Crippen molar-refractivity contribution in [3.05, 3.63) is 0 Å². The first-order valence-electron chi connectivity index (χ1n) is 10.4. The van der Waals surface area contributed by atoms with E-state index in [0.29, 0.717) is 0 Å². The number of fused-ring (bicyclic) bond motifs is 7. The molecule has 0 aliphatic heterocycles. The highest BCUT2D eigenvalue weighted by atomic mass is 14.6. The molecule has 0 heteroatoms. The summed E-state index contributed by atoms with van der Waals surface area (Å²) in [4.78, 5) is 0. The van der Waals surface area contributed by atoms with Crippen molar-refractivity contribution in [2.24, 2.45) is 47.3 Å². The Morgan fingerprint density at radius 3 is 1.33 bits per heavy atom. The van der Waals surface area contributed by atoms with Gasteiger partial charge in [0, 0.05) is 0 Å². The molecule has 5 aliphatic rings. The van der Waals surface area contributed by atoms with Gasteiger partial charge in [-0.15, -0.1) is 0 Å². The minimum atomic E-state index is 1.16. The van der Waals surface area contributed by atoms with Gasteiger partial charge in [0.25, 0.3) is 0 Å². The lowest BCUT2D eigenvalue weighted by atomic mass is 9.54. The van der Waals surface area contributed by atoms with Crippen LogP contribution in [0, 0.1) is 47.3 Å². The fourth-order valence-electron chi connectivity index (χ4n) is 8.28. The zero-order valence-electron chi connectivity index (χ0n) is 13.8. The molecule has 0 spiro atoms. The van der Waals surface area contributed by atoms with Crippen LogP contribution in [-0.4, -0.2) is 0 Å². The third kappa shape index (κ3) is 2.07. The fraction of sp³-hybridized carbons (Fsp3) is 1.00. The van der Waals surface area contributed by atoms with Crippen molar-refractivity contribution in [2.45, 2.75) is 83.5 Å². The van der Waals surface area contributed by atoms with E-state index in [1.54, 1.807) is 83.5 Å². The summed E-state index contributed by atoms with van der Waals surface area (Å²) >= 11 is 0. The highest BCUT2D eigenvalue weighted by Gasteiger charge is 2.55. The lowest BCUT2D eigenvalue weighted by molar-refractivity contribution is -0.0152. The maximum atomic E-state index is 1.65. The maximum Gasteiger partial charge on any atom is -0.0321 e. The van der Waals surface area contributed by atoms with Crippen LogP contribution in [0.2, 0.25) is 0 Å². The summed E-state index contributed by atoms with van der Waals surface area (Å²) in [6.45, 7) is 0. The molecule has 0 N–H and O–H groups in total. The van der Waals surface area contributed by atoms with Crippen LogP contribution < -0.4 is 0 Å². The lowest BCUT2D eigenvalue weighted by Gasteiger charge is -2.51. The topological polar surface area (TPSA) is 0 Å². The van der Waals surface area contributed by atoms with Crippen LogP contribution in [0.1, 0.15) is 83.5 Å². The molecule has 118 valence electrons. The predicted octanol–water partition coefficient (Wildman–Crippen LogP) is 6.06. The van der Waals surface area contributed by atoms with E-state index in [1.165, 1.54) is 35.5 Å². The number of hydrogen-bond acceptors (Lipinski definition) is 0. The van der Waals surface area contributed by atoms with Gasteiger partial charge in [-0.2, -0.15) is 0 Å². The SMILES string of the molecule is C1CCC2C(C1)CCC1CC3CCC4CCCCC4C3C12. The van der Waals surface area contributed by atoms with Gasteiger partial charge in [0.05, 0.1) is 0 Å². The average molecular weight is 287 g/mol. The molecule has 0 heterocycles. The molecule has 8 unspecified atom stereocenters. The van der Waals surface area contributed by atoms with Gasteiger partial charge in [-0.25, -0.2) is 0 Å². The molecule has 0 saturated heterocycles. The summed E-state index contributed by atoms with van der Waals surface area (Å²) in [5.74, 6) is 9.38. The first-order chi connectivity index (χ1) is 10.4. The number of hydrogen-bond donors (Lipinski definition) is 0. The predicted molar refractivity (Wildman–Crippen MR) is 87.9 cm³/mol. The van der Waals surface area contributed by atoms with Crippen molar-refractivity contribution in [1.82, 2.24) is 0 Å². The summed E-state index contributed by atoms with van der Waals surface area (Å²) in [5, 5.41) is 0. The van der Waals surface area contributed by atoms with Gasteiger partial charge in [-0.1, -0.05) is 38.5 Å². The van der Waals surface area contributed by atoms with Gasteiger partial charge in [0.1, 0.15) is 0 Å². The Hall–Kier alpha value is 0. The first-order valence-corrected chi connectivity index (χ1v) is 10.4. The molecule has 5 saturated carbocycles. The van der Waals surface area contributed by atoms with Gasteiger partial charge in [-0.3, -0.25) is 0 Å². The summed E-state index contributed by atoms with van der Waals surface area (Å²) in [6, 6.07) is 0. The third-order valence-electron chi connectivity index (χ3n) is 8.88. The van der Waals surface area contributed by atoms with Crippen LogP contribution in [0.4, 0.5) is 0 Å². The Bertz CT molecular complexity index is 349. The van der Waals surface area contributed by atoms with E-state index in [2.05, 4.69) is 0 Å². The Morgan fingerprint density at radius 1 is 0.381 bits per heavy atom. The quantitative estimate of drug-likeness (QED) is 0.508. The molecule has 21 heavy (non-hydrogen) atoms. The van der Waals surface area contributed by atoms with Crippen molar-refractivity contribution < 1.29 is 0 Å². The summed E-state index contributed by atoms with van der Waals surface area (Å²) in [5.41, 5.74) is 0.